The fraction of sp³-hybridized carbons (Fsp3) is 0.455. The minimum atomic E-state index is 0.357. The second-order valence-corrected chi connectivity index (χ2v) is 4.48. The highest BCUT2D eigenvalue weighted by Gasteiger charge is 2.15. The summed E-state index contributed by atoms with van der Waals surface area (Å²) >= 11 is 4.93. The molecular formula is C11H16N4S. The molecule has 1 fully saturated rings. The number of rotatable bonds is 2. The number of aromatic nitrogens is 1. The number of hydrogen-bond donors (Lipinski definition) is 1. The lowest BCUT2D eigenvalue weighted by Gasteiger charge is -2.33. The Morgan fingerprint density at radius 1 is 1.31 bits per heavy atom. The molecule has 0 unspecified atom stereocenters. The van der Waals surface area contributed by atoms with Crippen molar-refractivity contribution in [1.29, 1.82) is 0 Å². The lowest BCUT2D eigenvalue weighted by Crippen LogP contribution is -2.44. The van der Waals surface area contributed by atoms with E-state index < -0.39 is 0 Å². The number of nitrogens with two attached hydrogens (primary N) is 1. The van der Waals surface area contributed by atoms with Crippen LogP contribution in [0.1, 0.15) is 5.69 Å². The zero-order valence-corrected chi connectivity index (χ0v) is 10.2. The SMILES string of the molecule is CN1CCN(c2cccc(C(N)=S)n2)CC1. The van der Waals surface area contributed by atoms with Gasteiger partial charge in [-0.3, -0.25) is 0 Å². The summed E-state index contributed by atoms with van der Waals surface area (Å²) in [5.74, 6) is 0.971. The summed E-state index contributed by atoms with van der Waals surface area (Å²) < 4.78 is 0. The second kappa shape index (κ2) is 4.76. The highest BCUT2D eigenvalue weighted by atomic mass is 32.1. The molecule has 0 saturated carbocycles. The number of anilines is 1. The average molecular weight is 236 g/mol. The maximum atomic E-state index is 5.58. The first-order valence-electron chi connectivity index (χ1n) is 5.37. The first kappa shape index (κ1) is 11.3. The van der Waals surface area contributed by atoms with E-state index in [4.69, 9.17) is 18.0 Å². The van der Waals surface area contributed by atoms with Gasteiger partial charge in [-0.2, -0.15) is 0 Å². The van der Waals surface area contributed by atoms with Gasteiger partial charge in [0.05, 0.1) is 5.69 Å². The molecule has 0 bridgehead atoms. The topological polar surface area (TPSA) is 45.4 Å². The van der Waals surface area contributed by atoms with Crippen LogP contribution in [-0.4, -0.2) is 48.1 Å². The average Bonchev–Trinajstić information content (AvgIpc) is 2.30. The Morgan fingerprint density at radius 3 is 2.62 bits per heavy atom. The Kier molecular flexibility index (Phi) is 3.36. The van der Waals surface area contributed by atoms with E-state index in [0.717, 1.165) is 32.0 Å². The van der Waals surface area contributed by atoms with E-state index in [1.54, 1.807) is 0 Å². The molecule has 1 aliphatic heterocycles. The third-order valence-electron chi connectivity index (χ3n) is 2.81. The van der Waals surface area contributed by atoms with Crippen molar-refractivity contribution in [3.8, 4) is 0 Å². The summed E-state index contributed by atoms with van der Waals surface area (Å²) in [7, 11) is 2.14. The predicted molar refractivity (Wildman–Crippen MR) is 69.8 cm³/mol. The lowest BCUT2D eigenvalue weighted by atomic mass is 10.3. The van der Waals surface area contributed by atoms with Gasteiger partial charge in [0.1, 0.15) is 10.8 Å². The molecule has 5 heteroatoms. The maximum absolute atomic E-state index is 5.58. The number of pyridine rings is 1. The molecule has 0 radical (unpaired) electrons. The van der Waals surface area contributed by atoms with E-state index in [1.165, 1.54) is 0 Å². The number of hydrogen-bond acceptors (Lipinski definition) is 4. The van der Waals surface area contributed by atoms with E-state index in [-0.39, 0.29) is 0 Å². The molecule has 0 aromatic carbocycles. The Balaban J connectivity index is 2.14. The number of nitrogens with zero attached hydrogens (tertiary/aromatic N) is 3. The molecule has 2 rings (SSSR count). The van der Waals surface area contributed by atoms with Gasteiger partial charge in [0.15, 0.2) is 0 Å². The van der Waals surface area contributed by atoms with Crippen molar-refractivity contribution in [2.45, 2.75) is 0 Å². The van der Waals surface area contributed by atoms with Crippen LogP contribution in [-0.2, 0) is 0 Å². The van der Waals surface area contributed by atoms with Crippen molar-refractivity contribution in [1.82, 2.24) is 9.88 Å². The molecule has 0 amide bonds. The number of piperazine rings is 1. The van der Waals surface area contributed by atoms with Crippen LogP contribution < -0.4 is 10.6 Å². The van der Waals surface area contributed by atoms with Crippen molar-refractivity contribution in [2.24, 2.45) is 5.73 Å². The lowest BCUT2D eigenvalue weighted by molar-refractivity contribution is 0.312. The summed E-state index contributed by atoms with van der Waals surface area (Å²) in [4.78, 5) is 9.40. The van der Waals surface area contributed by atoms with Crippen LogP contribution in [0.25, 0.3) is 0 Å². The molecule has 0 aliphatic carbocycles. The minimum absolute atomic E-state index is 0.357. The molecular weight excluding hydrogens is 220 g/mol. The highest BCUT2D eigenvalue weighted by Crippen LogP contribution is 2.13. The quantitative estimate of drug-likeness (QED) is 0.756. The van der Waals surface area contributed by atoms with E-state index in [1.807, 2.05) is 18.2 Å². The third-order valence-corrected chi connectivity index (χ3v) is 3.02. The van der Waals surface area contributed by atoms with Crippen molar-refractivity contribution >= 4 is 23.0 Å². The van der Waals surface area contributed by atoms with Gasteiger partial charge in [-0.15, -0.1) is 0 Å². The van der Waals surface area contributed by atoms with Gasteiger partial charge in [-0.05, 0) is 19.2 Å². The van der Waals surface area contributed by atoms with Gasteiger partial charge in [0.25, 0.3) is 0 Å². The molecule has 1 aliphatic rings. The first-order chi connectivity index (χ1) is 7.66. The third kappa shape index (κ3) is 2.48. The van der Waals surface area contributed by atoms with Gasteiger partial charge in [-0.1, -0.05) is 18.3 Å². The standard InChI is InChI=1S/C11H16N4S/c1-14-5-7-15(8-6-14)10-4-2-3-9(13-10)11(12)16/h2-4H,5-8H2,1H3,(H2,12,16). The summed E-state index contributed by atoms with van der Waals surface area (Å²) in [6, 6.07) is 5.81. The molecule has 4 nitrogen and oxygen atoms in total. The van der Waals surface area contributed by atoms with Gasteiger partial charge < -0.3 is 15.5 Å². The van der Waals surface area contributed by atoms with Gasteiger partial charge in [0, 0.05) is 26.2 Å². The molecule has 2 N–H and O–H groups in total. The summed E-state index contributed by atoms with van der Waals surface area (Å²) in [6.07, 6.45) is 0. The Labute approximate surface area is 101 Å². The Hall–Kier alpha value is -1.20. The van der Waals surface area contributed by atoms with Crippen LogP contribution in [0.4, 0.5) is 5.82 Å². The fourth-order valence-electron chi connectivity index (χ4n) is 1.77. The van der Waals surface area contributed by atoms with Crippen LogP contribution in [0, 0.1) is 0 Å². The van der Waals surface area contributed by atoms with Crippen LogP contribution in [0.5, 0.6) is 0 Å². The maximum Gasteiger partial charge on any atom is 0.129 e. The number of likely N-dealkylation sites (N-methyl/N-ethyl adjacent to an activating group) is 1. The van der Waals surface area contributed by atoms with Crippen LogP contribution in [0.3, 0.4) is 0 Å². The minimum Gasteiger partial charge on any atom is -0.388 e. The molecule has 1 aromatic rings. The largest absolute Gasteiger partial charge is 0.388 e. The molecule has 1 aromatic heterocycles. The van der Waals surface area contributed by atoms with Crippen LogP contribution in [0.2, 0.25) is 0 Å². The summed E-state index contributed by atoms with van der Waals surface area (Å²) in [5, 5.41) is 0. The van der Waals surface area contributed by atoms with Gasteiger partial charge in [0.2, 0.25) is 0 Å². The second-order valence-electron chi connectivity index (χ2n) is 4.04. The normalized spacial score (nSPS) is 17.4. The zero-order chi connectivity index (χ0) is 11.5. The highest BCUT2D eigenvalue weighted by molar-refractivity contribution is 7.80. The fourth-order valence-corrected chi connectivity index (χ4v) is 1.89. The Bertz CT molecular complexity index is 385. The van der Waals surface area contributed by atoms with Crippen molar-refractivity contribution < 1.29 is 0 Å². The van der Waals surface area contributed by atoms with E-state index in [0.29, 0.717) is 10.7 Å². The van der Waals surface area contributed by atoms with Crippen molar-refractivity contribution in [3.05, 3.63) is 23.9 Å². The van der Waals surface area contributed by atoms with Crippen molar-refractivity contribution in [3.63, 3.8) is 0 Å². The van der Waals surface area contributed by atoms with E-state index in [2.05, 4.69) is 21.8 Å². The summed E-state index contributed by atoms with van der Waals surface area (Å²) in [6.45, 7) is 4.15. The van der Waals surface area contributed by atoms with Gasteiger partial charge in [-0.25, -0.2) is 4.98 Å². The molecule has 86 valence electrons. The molecule has 16 heavy (non-hydrogen) atoms. The molecule has 0 atom stereocenters. The van der Waals surface area contributed by atoms with Crippen LogP contribution >= 0.6 is 12.2 Å². The zero-order valence-electron chi connectivity index (χ0n) is 9.39. The Morgan fingerprint density at radius 2 is 2.00 bits per heavy atom. The van der Waals surface area contributed by atoms with E-state index >= 15 is 0 Å². The smallest absolute Gasteiger partial charge is 0.129 e. The molecule has 1 saturated heterocycles. The van der Waals surface area contributed by atoms with Crippen molar-refractivity contribution in [2.75, 3.05) is 38.1 Å². The predicted octanol–water partition coefficient (Wildman–Crippen LogP) is 0.468. The number of thiocarbonyl (C=S) groups is 1. The van der Waals surface area contributed by atoms with Crippen LogP contribution in [0.15, 0.2) is 18.2 Å². The molecule has 0 spiro atoms. The first-order valence-corrected chi connectivity index (χ1v) is 5.78. The summed E-state index contributed by atoms with van der Waals surface area (Å²) in [5.41, 5.74) is 6.28. The monoisotopic (exact) mass is 236 g/mol. The van der Waals surface area contributed by atoms with E-state index in [9.17, 15) is 0 Å². The van der Waals surface area contributed by atoms with Gasteiger partial charge >= 0.3 is 0 Å². The molecule has 2 heterocycles.